The first-order chi connectivity index (χ1) is 16.8. The van der Waals surface area contributed by atoms with Gasteiger partial charge in [-0.15, -0.1) is 6.58 Å². The fourth-order valence-electron chi connectivity index (χ4n) is 4.57. The molecule has 3 aliphatic carbocycles. The van der Waals surface area contributed by atoms with Crippen molar-refractivity contribution < 1.29 is 14.3 Å². The Hall–Kier alpha value is -2.29. The van der Waals surface area contributed by atoms with Gasteiger partial charge in [-0.3, -0.25) is 0 Å². The average Bonchev–Trinajstić information content (AvgIpc) is 3.62. The van der Waals surface area contributed by atoms with E-state index in [4.69, 9.17) is 4.74 Å². The zero-order valence-corrected chi connectivity index (χ0v) is 23.1. The van der Waals surface area contributed by atoms with Crippen molar-refractivity contribution in [1.29, 1.82) is 0 Å². The van der Waals surface area contributed by atoms with Gasteiger partial charge in [0.1, 0.15) is 6.10 Å². The molecule has 0 radical (unpaired) electrons. The summed E-state index contributed by atoms with van der Waals surface area (Å²) in [5.41, 5.74) is 4.29. The molecule has 0 aromatic heterocycles. The summed E-state index contributed by atoms with van der Waals surface area (Å²) in [6.45, 7) is 16.6. The second-order valence-electron chi connectivity index (χ2n) is 10.3. The minimum atomic E-state index is -0.655. The second-order valence-corrected chi connectivity index (χ2v) is 10.3. The van der Waals surface area contributed by atoms with Crippen LogP contribution in [0.5, 0.6) is 0 Å². The molecule has 196 valence electrons. The van der Waals surface area contributed by atoms with Gasteiger partial charge in [0.25, 0.3) is 0 Å². The number of carbonyl (C=O) groups excluding carboxylic acids is 1. The molecule has 0 aromatic rings. The van der Waals surface area contributed by atoms with Crippen LogP contribution in [0.25, 0.3) is 0 Å². The van der Waals surface area contributed by atoms with E-state index in [0.29, 0.717) is 5.92 Å². The maximum atomic E-state index is 10.8. The van der Waals surface area contributed by atoms with E-state index in [1.54, 1.807) is 17.2 Å². The summed E-state index contributed by atoms with van der Waals surface area (Å²) in [6, 6.07) is 0. The fraction of sp³-hybridized carbons (Fsp3) is 0.594. The monoisotopic (exact) mass is 482 g/mol. The molecule has 0 amide bonds. The molecule has 0 saturated carbocycles. The number of methoxy groups -OCH3 is 1. The molecule has 0 saturated heterocycles. The number of hydrogen-bond donors (Lipinski definition) is 0. The van der Waals surface area contributed by atoms with Gasteiger partial charge in [-0.25, -0.2) is 4.79 Å². The average molecular weight is 483 g/mol. The molecule has 0 aliphatic heterocycles. The van der Waals surface area contributed by atoms with Gasteiger partial charge < -0.3 is 9.47 Å². The van der Waals surface area contributed by atoms with Gasteiger partial charge in [-0.1, -0.05) is 81.9 Å². The fourth-order valence-corrected chi connectivity index (χ4v) is 4.57. The van der Waals surface area contributed by atoms with Crippen LogP contribution in [-0.2, 0) is 9.47 Å². The maximum absolute atomic E-state index is 10.8. The molecular weight excluding hydrogens is 432 g/mol. The first kappa shape index (κ1) is 30.7. The molecule has 2 atom stereocenters. The van der Waals surface area contributed by atoms with E-state index in [-0.39, 0.29) is 6.10 Å². The van der Waals surface area contributed by atoms with Crippen LogP contribution in [0.4, 0.5) is 4.79 Å². The predicted octanol–water partition coefficient (Wildman–Crippen LogP) is 9.69. The molecule has 3 rings (SSSR count). The van der Waals surface area contributed by atoms with Crippen molar-refractivity contribution >= 4 is 6.16 Å². The van der Waals surface area contributed by atoms with Crippen LogP contribution in [0.1, 0.15) is 91.9 Å². The summed E-state index contributed by atoms with van der Waals surface area (Å²) < 4.78 is 9.39. The van der Waals surface area contributed by atoms with E-state index in [1.807, 2.05) is 0 Å². The largest absolute Gasteiger partial charge is 0.508 e. The predicted molar refractivity (Wildman–Crippen MR) is 150 cm³/mol. The Labute approximate surface area is 215 Å². The van der Waals surface area contributed by atoms with Crippen molar-refractivity contribution in [2.75, 3.05) is 7.11 Å². The minimum absolute atomic E-state index is 0.310. The van der Waals surface area contributed by atoms with Crippen molar-refractivity contribution in [2.24, 2.45) is 17.8 Å². The van der Waals surface area contributed by atoms with Crippen molar-refractivity contribution in [3.05, 3.63) is 72.4 Å². The van der Waals surface area contributed by atoms with E-state index in [1.165, 1.54) is 52.1 Å². The molecule has 0 aromatic carbocycles. The summed E-state index contributed by atoms with van der Waals surface area (Å²) in [6.07, 6.45) is 26.5. The molecule has 2 unspecified atom stereocenters. The van der Waals surface area contributed by atoms with Crippen LogP contribution >= 0.6 is 0 Å². The number of hydrogen-bond acceptors (Lipinski definition) is 3. The Bertz CT molecular complexity index is 764. The first-order valence-electron chi connectivity index (χ1n) is 13.5. The first-order valence-corrected chi connectivity index (χ1v) is 13.5. The highest BCUT2D eigenvalue weighted by Crippen LogP contribution is 2.30. The zero-order valence-electron chi connectivity index (χ0n) is 23.1. The number of carbonyl (C=O) groups is 1. The highest BCUT2D eigenvalue weighted by molar-refractivity contribution is 5.60. The highest BCUT2D eigenvalue weighted by atomic mass is 16.7. The lowest BCUT2D eigenvalue weighted by Crippen LogP contribution is -2.17. The Balaban J connectivity index is 0.000000264. The summed E-state index contributed by atoms with van der Waals surface area (Å²) >= 11 is 0. The maximum Gasteiger partial charge on any atom is 0.508 e. The molecular formula is C32H50O3. The Morgan fingerprint density at radius 1 is 0.914 bits per heavy atom. The van der Waals surface area contributed by atoms with E-state index in [2.05, 4.69) is 82.0 Å². The summed E-state index contributed by atoms with van der Waals surface area (Å²) in [5.74, 6) is 2.16. The topological polar surface area (TPSA) is 35.5 Å². The van der Waals surface area contributed by atoms with Gasteiger partial charge >= 0.3 is 6.16 Å². The minimum Gasteiger partial charge on any atom is -0.438 e. The SMILES string of the molecule is C=CC(C1=CCCC1)C(C)C.C=CC(OC(=O)OC)C1=CCCC1.CC(C)C/C=C/C1=CCCC1. The molecule has 0 heterocycles. The number of rotatable bonds is 9. The molecule has 0 fully saturated rings. The molecule has 35 heavy (non-hydrogen) atoms. The van der Waals surface area contributed by atoms with Crippen LogP contribution in [0.15, 0.2) is 72.4 Å². The third-order valence-corrected chi connectivity index (χ3v) is 6.54. The quantitative estimate of drug-likeness (QED) is 0.242. The normalized spacial score (nSPS) is 18.5. The Morgan fingerprint density at radius 3 is 1.94 bits per heavy atom. The van der Waals surface area contributed by atoms with Crippen molar-refractivity contribution in [2.45, 2.75) is 98.0 Å². The third kappa shape index (κ3) is 12.8. The van der Waals surface area contributed by atoms with E-state index >= 15 is 0 Å². The van der Waals surface area contributed by atoms with Gasteiger partial charge in [0.15, 0.2) is 0 Å². The molecule has 3 heteroatoms. The standard InChI is InChI=1S/2C11H18.C10H14O3/c1-10(2)6-5-9-11-7-3-4-8-11;1-4-11(9(2)3)10-7-5-6-8-10;1-3-9(13-10(11)12-2)8-6-4-5-7-8/h5,7,9-10H,3-4,6,8H2,1-2H3;4,7,9,11H,1,5-6,8H2,2-3H3;3,6,9H,1,4-5,7H2,2H3/b9-5+;;. The lowest BCUT2D eigenvalue weighted by Gasteiger charge is -2.17. The van der Waals surface area contributed by atoms with Gasteiger partial charge in [0, 0.05) is 0 Å². The van der Waals surface area contributed by atoms with Gasteiger partial charge in [-0.05, 0) is 93.6 Å². The highest BCUT2D eigenvalue weighted by Gasteiger charge is 2.18. The summed E-state index contributed by atoms with van der Waals surface area (Å²) in [7, 11) is 1.30. The van der Waals surface area contributed by atoms with Crippen LogP contribution < -0.4 is 0 Å². The zero-order chi connectivity index (χ0) is 26.1. The Kier molecular flexibility index (Phi) is 15.8. The van der Waals surface area contributed by atoms with Crippen molar-refractivity contribution in [1.82, 2.24) is 0 Å². The number of ether oxygens (including phenoxy) is 2. The smallest absolute Gasteiger partial charge is 0.438 e. The van der Waals surface area contributed by atoms with Crippen LogP contribution in [0.3, 0.4) is 0 Å². The van der Waals surface area contributed by atoms with E-state index in [0.717, 1.165) is 36.7 Å². The van der Waals surface area contributed by atoms with Gasteiger partial charge in [-0.2, -0.15) is 0 Å². The third-order valence-electron chi connectivity index (χ3n) is 6.54. The summed E-state index contributed by atoms with van der Waals surface area (Å²) in [5, 5.41) is 0. The molecule has 3 aliphatic rings. The van der Waals surface area contributed by atoms with Crippen molar-refractivity contribution in [3.63, 3.8) is 0 Å². The lowest BCUT2D eigenvalue weighted by molar-refractivity contribution is 0.0617. The van der Waals surface area contributed by atoms with Gasteiger partial charge in [0.05, 0.1) is 7.11 Å². The lowest BCUT2D eigenvalue weighted by atomic mass is 9.88. The Morgan fingerprint density at radius 2 is 1.51 bits per heavy atom. The van der Waals surface area contributed by atoms with Gasteiger partial charge in [0.2, 0.25) is 0 Å². The molecule has 3 nitrogen and oxygen atoms in total. The van der Waals surface area contributed by atoms with Crippen LogP contribution in [0, 0.1) is 17.8 Å². The number of allylic oxidation sites excluding steroid dienone is 8. The summed E-state index contributed by atoms with van der Waals surface area (Å²) in [4.78, 5) is 10.8. The second kappa shape index (κ2) is 18.0. The van der Waals surface area contributed by atoms with Crippen molar-refractivity contribution in [3.8, 4) is 0 Å². The van der Waals surface area contributed by atoms with Crippen LogP contribution in [0.2, 0.25) is 0 Å². The van der Waals surface area contributed by atoms with Crippen LogP contribution in [-0.4, -0.2) is 19.4 Å². The molecule has 0 spiro atoms. The van der Waals surface area contributed by atoms with E-state index in [9.17, 15) is 4.79 Å². The molecule has 0 N–H and O–H groups in total. The molecule has 0 bridgehead atoms. The van der Waals surface area contributed by atoms with E-state index < -0.39 is 6.16 Å².